The predicted octanol–water partition coefficient (Wildman–Crippen LogP) is 1.67. The van der Waals surface area contributed by atoms with Crippen LogP contribution in [0.15, 0.2) is 31.2 Å². The highest BCUT2D eigenvalue weighted by molar-refractivity contribution is 5.87. The number of carboxylic acid groups (broad SMARTS) is 1. The van der Waals surface area contributed by atoms with E-state index in [2.05, 4.69) is 31.9 Å². The fourth-order valence-electron chi connectivity index (χ4n) is 4.34. The average molecular weight is 382 g/mol. The van der Waals surface area contributed by atoms with Crippen molar-refractivity contribution in [2.75, 3.05) is 18.0 Å². The summed E-state index contributed by atoms with van der Waals surface area (Å²) in [5.74, 6) is -0.0130. The second-order valence-electron chi connectivity index (χ2n) is 7.48. The van der Waals surface area contributed by atoms with Gasteiger partial charge in [0.15, 0.2) is 5.69 Å². The number of nitrogens with one attached hydrogen (secondary N) is 1. The lowest BCUT2D eigenvalue weighted by Gasteiger charge is -2.36. The lowest BCUT2D eigenvalue weighted by Crippen LogP contribution is -2.48. The number of aromatic carboxylic acids is 1. The summed E-state index contributed by atoms with van der Waals surface area (Å²) in [6.45, 7) is 6.20. The third-order valence-corrected chi connectivity index (χ3v) is 5.69. The minimum atomic E-state index is -0.947. The summed E-state index contributed by atoms with van der Waals surface area (Å²) in [5, 5.41) is 17.6. The van der Waals surface area contributed by atoms with Gasteiger partial charge in [0, 0.05) is 48.8 Å². The number of nitrogens with zero attached hydrogens (tertiary/aromatic N) is 5. The highest BCUT2D eigenvalue weighted by Gasteiger charge is 2.30. The lowest BCUT2D eigenvalue weighted by molar-refractivity contribution is 0.0688. The van der Waals surface area contributed by atoms with Gasteiger partial charge in [-0.1, -0.05) is 6.08 Å². The van der Waals surface area contributed by atoms with Gasteiger partial charge in [-0.15, -0.1) is 6.58 Å². The summed E-state index contributed by atoms with van der Waals surface area (Å²) in [6.07, 6.45) is 11.6. The maximum atomic E-state index is 11.6. The van der Waals surface area contributed by atoms with Gasteiger partial charge in [0.25, 0.3) is 0 Å². The maximum Gasteiger partial charge on any atom is 0.356 e. The number of hydrogen-bond donors (Lipinski definition) is 2. The van der Waals surface area contributed by atoms with Crippen LogP contribution in [0.2, 0.25) is 0 Å². The molecule has 0 spiro atoms. The summed E-state index contributed by atoms with van der Waals surface area (Å²) >= 11 is 0. The van der Waals surface area contributed by atoms with Crippen LogP contribution in [-0.2, 0) is 19.4 Å². The average Bonchev–Trinajstić information content (AvgIpc) is 3.08. The van der Waals surface area contributed by atoms with Gasteiger partial charge in [-0.05, 0) is 32.1 Å². The Labute approximate surface area is 164 Å². The zero-order valence-electron chi connectivity index (χ0n) is 15.9. The number of anilines is 1. The number of hydrogen-bond acceptors (Lipinski definition) is 6. The molecule has 2 aliphatic rings. The number of carbonyl (C=O) groups is 1. The molecule has 1 aliphatic carbocycles. The molecule has 0 aromatic carbocycles. The Morgan fingerprint density at radius 2 is 2.11 bits per heavy atom. The van der Waals surface area contributed by atoms with Gasteiger partial charge in [-0.25, -0.2) is 9.78 Å². The predicted molar refractivity (Wildman–Crippen MR) is 106 cm³/mol. The molecule has 2 aromatic rings. The molecule has 2 aromatic heterocycles. The van der Waals surface area contributed by atoms with Crippen LogP contribution in [0.4, 0.5) is 5.82 Å². The van der Waals surface area contributed by atoms with Crippen LogP contribution < -0.4 is 10.2 Å². The van der Waals surface area contributed by atoms with Gasteiger partial charge >= 0.3 is 5.97 Å². The largest absolute Gasteiger partial charge is 0.476 e. The quantitative estimate of drug-likeness (QED) is 0.734. The van der Waals surface area contributed by atoms with Crippen molar-refractivity contribution in [2.24, 2.45) is 0 Å². The third kappa shape index (κ3) is 3.77. The smallest absolute Gasteiger partial charge is 0.356 e. The van der Waals surface area contributed by atoms with Crippen LogP contribution in [0.3, 0.4) is 0 Å². The van der Waals surface area contributed by atoms with E-state index in [0.717, 1.165) is 62.3 Å². The fourth-order valence-corrected chi connectivity index (χ4v) is 4.34. The molecule has 8 nitrogen and oxygen atoms in total. The van der Waals surface area contributed by atoms with E-state index >= 15 is 0 Å². The summed E-state index contributed by atoms with van der Waals surface area (Å²) in [7, 11) is 0. The van der Waals surface area contributed by atoms with E-state index in [0.29, 0.717) is 18.6 Å². The van der Waals surface area contributed by atoms with E-state index in [1.54, 1.807) is 23.2 Å². The fraction of sp³-hybridized carbons (Fsp3) is 0.500. The van der Waals surface area contributed by atoms with Crippen LogP contribution in [0.1, 0.15) is 41.0 Å². The van der Waals surface area contributed by atoms with Gasteiger partial charge in [-0.2, -0.15) is 5.10 Å². The summed E-state index contributed by atoms with van der Waals surface area (Å²) in [5.41, 5.74) is 2.13. The molecule has 1 aliphatic heterocycles. The molecule has 28 heavy (non-hydrogen) atoms. The van der Waals surface area contributed by atoms with Gasteiger partial charge in [0.05, 0.1) is 12.7 Å². The highest BCUT2D eigenvalue weighted by Crippen LogP contribution is 2.26. The van der Waals surface area contributed by atoms with Crippen molar-refractivity contribution in [1.29, 1.82) is 0 Å². The van der Waals surface area contributed by atoms with Crippen LogP contribution in [0.25, 0.3) is 0 Å². The van der Waals surface area contributed by atoms with Gasteiger partial charge < -0.3 is 15.3 Å². The topological polar surface area (TPSA) is 96.2 Å². The molecule has 0 saturated carbocycles. The zero-order valence-corrected chi connectivity index (χ0v) is 15.9. The molecule has 1 fully saturated rings. The van der Waals surface area contributed by atoms with E-state index in [1.807, 2.05) is 6.20 Å². The van der Waals surface area contributed by atoms with E-state index < -0.39 is 5.97 Å². The number of carboxylic acids is 1. The molecule has 148 valence electrons. The molecule has 8 heteroatoms. The number of fused-ring (bicyclic) bond motifs is 1. The molecular formula is C20H26N6O2. The van der Waals surface area contributed by atoms with Crippen molar-refractivity contribution >= 4 is 11.8 Å². The Balaban J connectivity index is 1.38. The molecular weight excluding hydrogens is 356 g/mol. The van der Waals surface area contributed by atoms with E-state index in [-0.39, 0.29) is 5.69 Å². The Hall–Kier alpha value is -2.74. The first kappa shape index (κ1) is 18.6. The number of piperidine rings is 1. The Morgan fingerprint density at radius 3 is 2.79 bits per heavy atom. The molecule has 2 N–H and O–H groups in total. The summed E-state index contributed by atoms with van der Waals surface area (Å²) in [6, 6.07) is 0.732. The number of allylic oxidation sites excluding steroid dienone is 1. The molecule has 3 heterocycles. The van der Waals surface area contributed by atoms with Gasteiger partial charge in [0.1, 0.15) is 5.82 Å². The molecule has 0 amide bonds. The van der Waals surface area contributed by atoms with E-state index in [9.17, 15) is 9.90 Å². The molecule has 0 unspecified atom stereocenters. The summed E-state index contributed by atoms with van der Waals surface area (Å²) < 4.78 is 1.79. The molecule has 4 rings (SSSR count). The minimum absolute atomic E-state index is 0.195. The lowest BCUT2D eigenvalue weighted by atomic mass is 9.90. The second kappa shape index (κ2) is 8.10. The first-order valence-corrected chi connectivity index (χ1v) is 9.85. The first-order valence-electron chi connectivity index (χ1n) is 9.85. The zero-order chi connectivity index (χ0) is 19.5. The van der Waals surface area contributed by atoms with Crippen molar-refractivity contribution in [3.63, 3.8) is 0 Å². The van der Waals surface area contributed by atoms with Crippen molar-refractivity contribution in [3.8, 4) is 0 Å². The minimum Gasteiger partial charge on any atom is -0.476 e. The monoisotopic (exact) mass is 382 g/mol. The van der Waals surface area contributed by atoms with Crippen LogP contribution in [0.5, 0.6) is 0 Å². The Morgan fingerprint density at radius 1 is 1.29 bits per heavy atom. The third-order valence-electron chi connectivity index (χ3n) is 5.69. The Bertz CT molecular complexity index is 842. The highest BCUT2D eigenvalue weighted by atomic mass is 16.4. The van der Waals surface area contributed by atoms with Gasteiger partial charge in [-0.3, -0.25) is 9.67 Å². The molecule has 0 radical (unpaired) electrons. The van der Waals surface area contributed by atoms with Crippen molar-refractivity contribution in [3.05, 3.63) is 48.2 Å². The molecule has 1 atom stereocenters. The van der Waals surface area contributed by atoms with Crippen molar-refractivity contribution < 1.29 is 9.90 Å². The van der Waals surface area contributed by atoms with Crippen LogP contribution >= 0.6 is 0 Å². The summed E-state index contributed by atoms with van der Waals surface area (Å²) in [4.78, 5) is 22.4. The SMILES string of the molecule is C=CCn1nc(C(=O)O)c2c1CC[C@H](NC1CCN(c3cnccn3)CC1)C2. The number of rotatable bonds is 6. The molecule has 1 saturated heterocycles. The Kier molecular flexibility index (Phi) is 5.38. The number of aromatic nitrogens is 4. The maximum absolute atomic E-state index is 11.6. The molecule has 0 bridgehead atoms. The standard InChI is InChI=1S/C20H26N6O2/c1-2-9-26-17-4-3-15(12-16(17)19(24-26)20(27)28)23-14-5-10-25(11-6-14)18-13-21-7-8-22-18/h2,7-8,13-15,23H,1,3-6,9-12H2,(H,27,28)/t15-/m0/s1. The van der Waals surface area contributed by atoms with Crippen LogP contribution in [-0.4, -0.2) is 56.0 Å². The van der Waals surface area contributed by atoms with Crippen molar-refractivity contribution in [2.45, 2.75) is 50.7 Å². The first-order chi connectivity index (χ1) is 13.7. The van der Waals surface area contributed by atoms with E-state index in [1.165, 1.54) is 0 Å². The van der Waals surface area contributed by atoms with Crippen LogP contribution in [0, 0.1) is 0 Å². The van der Waals surface area contributed by atoms with Gasteiger partial charge in [0.2, 0.25) is 0 Å². The van der Waals surface area contributed by atoms with Crippen molar-refractivity contribution in [1.82, 2.24) is 25.1 Å². The second-order valence-corrected chi connectivity index (χ2v) is 7.48. The van der Waals surface area contributed by atoms with E-state index in [4.69, 9.17) is 0 Å². The normalized spacial score (nSPS) is 20.0.